The van der Waals surface area contributed by atoms with E-state index in [1.54, 1.807) is 0 Å². The maximum Gasteiger partial charge on any atom is 0.0901 e. The molecule has 0 spiro atoms. The van der Waals surface area contributed by atoms with Gasteiger partial charge in [0.15, 0.2) is 0 Å². The minimum Gasteiger partial charge on any atom is -1.00 e. The summed E-state index contributed by atoms with van der Waals surface area (Å²) in [6.45, 7) is 15.5. The number of hydrogen-bond acceptors (Lipinski definition) is 1. The molecule has 20 heavy (non-hydrogen) atoms. The van der Waals surface area contributed by atoms with E-state index in [1.807, 2.05) is 0 Å². The van der Waals surface area contributed by atoms with Gasteiger partial charge >= 0.3 is 0 Å². The first kappa shape index (κ1) is 26.4. The van der Waals surface area contributed by atoms with E-state index in [1.165, 1.54) is 0 Å². The number of halogens is 2. The van der Waals surface area contributed by atoms with Crippen LogP contribution < -0.4 is 48.0 Å². The summed E-state index contributed by atoms with van der Waals surface area (Å²) >= 11 is 0. The van der Waals surface area contributed by atoms with Crippen molar-refractivity contribution in [2.24, 2.45) is 0 Å². The van der Waals surface area contributed by atoms with Crippen LogP contribution in [-0.2, 0) is 10.8 Å². The zero-order valence-corrected chi connectivity index (χ0v) is 19.3. The Morgan fingerprint density at radius 2 is 0.950 bits per heavy atom. The zero-order chi connectivity index (χ0) is 14.2. The second kappa shape index (κ2) is 13.0. The summed E-state index contributed by atoms with van der Waals surface area (Å²) in [5.41, 5.74) is 0. The first-order valence-corrected chi connectivity index (χ1v) is 8.85. The Morgan fingerprint density at radius 1 is 0.700 bits per heavy atom. The number of hydrogen-bond donors (Lipinski definition) is 0. The van der Waals surface area contributed by atoms with Crippen molar-refractivity contribution >= 4 is 10.8 Å². The van der Waals surface area contributed by atoms with Gasteiger partial charge in [0.05, 0.1) is 64.9 Å². The summed E-state index contributed by atoms with van der Waals surface area (Å²) < 4.78 is 14.2. The normalized spacial score (nSPS) is 11.9. The van der Waals surface area contributed by atoms with Crippen molar-refractivity contribution in [2.75, 3.05) is 64.9 Å². The lowest BCUT2D eigenvalue weighted by atomic mass is 10.4. The fraction of sp³-hybridized carbons (Fsp3) is 1.00. The Hall–Kier alpha value is 1.53. The molecule has 0 bridgehead atoms. The van der Waals surface area contributed by atoms with Gasteiger partial charge in [-0.05, 0) is 27.7 Å². The molecule has 0 aliphatic rings. The quantitative estimate of drug-likeness (QED) is 0.206. The second-order valence-electron chi connectivity index (χ2n) is 5.80. The molecule has 3 nitrogen and oxygen atoms in total. The molecule has 0 unspecified atom stereocenters. The number of rotatable bonds is 10. The molecule has 0 saturated carbocycles. The molecule has 0 heterocycles. The van der Waals surface area contributed by atoms with Gasteiger partial charge in [0.1, 0.15) is 0 Å². The van der Waals surface area contributed by atoms with E-state index in [2.05, 4.69) is 41.8 Å². The lowest BCUT2D eigenvalue weighted by Crippen LogP contribution is -3.00. The molecule has 0 aromatic carbocycles. The highest BCUT2D eigenvalue weighted by Gasteiger charge is 2.20. The van der Waals surface area contributed by atoms with E-state index < -0.39 is 10.8 Å². The van der Waals surface area contributed by atoms with E-state index >= 15 is 0 Å². The van der Waals surface area contributed by atoms with Crippen LogP contribution in [0.15, 0.2) is 0 Å². The van der Waals surface area contributed by atoms with E-state index in [4.69, 9.17) is 0 Å². The molecule has 0 aromatic heterocycles. The van der Waals surface area contributed by atoms with Crippen molar-refractivity contribution in [3.05, 3.63) is 0 Å². The van der Waals surface area contributed by atoms with Gasteiger partial charge in [-0.25, -0.2) is 0 Å². The van der Waals surface area contributed by atoms with E-state index in [0.717, 1.165) is 59.7 Å². The molecule has 0 aromatic rings. The molecular weight excluding hydrogens is 498 g/mol. The monoisotopic (exact) mass is 532 g/mol. The van der Waals surface area contributed by atoms with Crippen LogP contribution in [0.4, 0.5) is 0 Å². The maximum absolute atomic E-state index is 12.1. The minimum absolute atomic E-state index is 0. The van der Waals surface area contributed by atoms with Crippen LogP contribution in [0.25, 0.3) is 0 Å². The fourth-order valence-corrected chi connectivity index (χ4v) is 3.32. The van der Waals surface area contributed by atoms with Crippen LogP contribution >= 0.6 is 0 Å². The SMILES string of the molecule is CC[N+](C)(CC)CCS(=O)CC[N+](C)(CC)CC.[I-].[I-]. The van der Waals surface area contributed by atoms with Crippen LogP contribution in [0.2, 0.25) is 0 Å². The van der Waals surface area contributed by atoms with Gasteiger partial charge in [0.2, 0.25) is 0 Å². The predicted molar refractivity (Wildman–Crippen MR) is 82.1 cm³/mol. The topological polar surface area (TPSA) is 17.1 Å². The van der Waals surface area contributed by atoms with Crippen molar-refractivity contribution < 1.29 is 61.1 Å². The maximum atomic E-state index is 12.1. The van der Waals surface area contributed by atoms with E-state index in [-0.39, 0.29) is 48.0 Å². The highest BCUT2D eigenvalue weighted by molar-refractivity contribution is 7.85. The van der Waals surface area contributed by atoms with Crippen LogP contribution in [-0.4, -0.2) is 78.0 Å². The third-order valence-corrected chi connectivity index (χ3v) is 6.05. The average molecular weight is 532 g/mol. The van der Waals surface area contributed by atoms with Crippen molar-refractivity contribution in [1.29, 1.82) is 0 Å². The molecule has 0 aliphatic carbocycles. The van der Waals surface area contributed by atoms with Crippen molar-refractivity contribution in [2.45, 2.75) is 27.7 Å². The largest absolute Gasteiger partial charge is 1.00 e. The molecular formula is C14H34I2N2OS. The summed E-state index contributed by atoms with van der Waals surface area (Å²) in [6.07, 6.45) is 0. The van der Waals surface area contributed by atoms with Crippen LogP contribution in [0.1, 0.15) is 27.7 Å². The third kappa shape index (κ3) is 10.3. The lowest BCUT2D eigenvalue weighted by Gasteiger charge is -2.33. The van der Waals surface area contributed by atoms with E-state index in [0.29, 0.717) is 0 Å². The Balaban J connectivity index is -0.00000144. The molecule has 0 fully saturated rings. The molecule has 0 aliphatic heterocycles. The minimum atomic E-state index is -0.651. The number of quaternary nitrogens is 2. The molecule has 126 valence electrons. The fourth-order valence-electron chi connectivity index (χ4n) is 1.83. The Kier molecular flexibility index (Phi) is 17.2. The Labute approximate surface area is 163 Å². The summed E-state index contributed by atoms with van der Waals surface area (Å²) in [4.78, 5) is 0. The van der Waals surface area contributed by atoms with Crippen LogP contribution in [0.5, 0.6) is 0 Å². The standard InChI is InChI=1S/C14H34N2OS.2HI/c1-7-15(5,8-2)11-13-18(17)14-12-16(6,9-3)10-4;;/h7-14H2,1-6H3;2*1H/q+2;;/p-2. The molecule has 0 rings (SSSR count). The Morgan fingerprint density at radius 3 is 1.15 bits per heavy atom. The molecule has 0 radical (unpaired) electrons. The molecule has 0 amide bonds. The zero-order valence-electron chi connectivity index (χ0n) is 14.1. The van der Waals surface area contributed by atoms with Gasteiger partial charge in [-0.2, -0.15) is 0 Å². The summed E-state index contributed by atoms with van der Waals surface area (Å²) in [7, 11) is 3.87. The second-order valence-corrected chi connectivity index (χ2v) is 7.50. The van der Waals surface area contributed by atoms with Gasteiger partial charge in [-0.15, -0.1) is 0 Å². The number of nitrogens with zero attached hydrogens (tertiary/aromatic N) is 2. The average Bonchev–Trinajstić information content (AvgIpc) is 2.42. The highest BCUT2D eigenvalue weighted by Crippen LogP contribution is 2.04. The summed E-state index contributed by atoms with van der Waals surface area (Å²) in [5.74, 6) is 1.71. The van der Waals surface area contributed by atoms with Crippen molar-refractivity contribution in [3.8, 4) is 0 Å². The lowest BCUT2D eigenvalue weighted by molar-refractivity contribution is -0.904. The summed E-state index contributed by atoms with van der Waals surface area (Å²) in [5, 5.41) is 0. The molecule has 6 heteroatoms. The van der Waals surface area contributed by atoms with Gasteiger partial charge in [-0.1, -0.05) is 0 Å². The summed E-state index contributed by atoms with van der Waals surface area (Å²) in [6, 6.07) is 0. The third-order valence-electron chi connectivity index (χ3n) is 4.77. The van der Waals surface area contributed by atoms with Crippen LogP contribution in [0, 0.1) is 0 Å². The van der Waals surface area contributed by atoms with Gasteiger partial charge < -0.3 is 56.9 Å². The van der Waals surface area contributed by atoms with E-state index in [9.17, 15) is 4.21 Å². The molecule has 0 saturated heterocycles. The van der Waals surface area contributed by atoms with Gasteiger partial charge in [0.25, 0.3) is 0 Å². The molecule has 0 atom stereocenters. The first-order valence-electron chi connectivity index (χ1n) is 7.36. The molecule has 0 N–H and O–H groups in total. The Bertz CT molecular complexity index is 234. The highest BCUT2D eigenvalue weighted by atomic mass is 127. The smallest absolute Gasteiger partial charge is 0.0901 e. The first-order chi connectivity index (χ1) is 8.34. The van der Waals surface area contributed by atoms with Gasteiger partial charge in [0, 0.05) is 10.8 Å². The van der Waals surface area contributed by atoms with Crippen molar-refractivity contribution in [3.63, 3.8) is 0 Å². The predicted octanol–water partition coefficient (Wildman–Crippen LogP) is -4.28. The van der Waals surface area contributed by atoms with Crippen LogP contribution in [0.3, 0.4) is 0 Å². The van der Waals surface area contributed by atoms with Crippen molar-refractivity contribution in [1.82, 2.24) is 0 Å². The van der Waals surface area contributed by atoms with Gasteiger partial charge in [-0.3, -0.25) is 4.21 Å².